The minimum absolute atomic E-state index is 0.105. The quantitative estimate of drug-likeness (QED) is 0.683. The van der Waals surface area contributed by atoms with Gasteiger partial charge in [-0.2, -0.15) is 0 Å². The van der Waals surface area contributed by atoms with Crippen molar-refractivity contribution in [1.29, 1.82) is 0 Å². The Labute approximate surface area is 136 Å². The summed E-state index contributed by atoms with van der Waals surface area (Å²) < 4.78 is 15.8. The van der Waals surface area contributed by atoms with Crippen molar-refractivity contribution in [3.05, 3.63) is 23.2 Å². The van der Waals surface area contributed by atoms with Crippen LogP contribution < -0.4 is 15.4 Å². The third kappa shape index (κ3) is 6.51. The number of nitrogens with one attached hydrogen (secondary N) is 2. The molecule has 0 bridgehead atoms. The van der Waals surface area contributed by atoms with Crippen LogP contribution in [-0.2, 0) is 9.47 Å². The molecule has 1 aromatic carbocycles. The molecule has 0 fully saturated rings. The summed E-state index contributed by atoms with van der Waals surface area (Å²) in [4.78, 5) is 11.9. The second kappa shape index (κ2) is 10.3. The Morgan fingerprint density at radius 1 is 1.36 bits per heavy atom. The van der Waals surface area contributed by atoms with Gasteiger partial charge in [0.1, 0.15) is 6.61 Å². The van der Waals surface area contributed by atoms with E-state index in [0.717, 1.165) is 0 Å². The number of anilines is 1. The fourth-order valence-corrected chi connectivity index (χ4v) is 2.00. The van der Waals surface area contributed by atoms with Gasteiger partial charge in [-0.3, -0.25) is 0 Å². The zero-order valence-corrected chi connectivity index (χ0v) is 13.9. The molecule has 1 rings (SSSR count). The third-order valence-corrected chi connectivity index (χ3v) is 2.99. The largest absolute Gasteiger partial charge is 0.487 e. The van der Waals surface area contributed by atoms with Crippen molar-refractivity contribution in [2.24, 2.45) is 0 Å². The normalized spacial score (nSPS) is 11.8. The van der Waals surface area contributed by atoms with Crippen LogP contribution in [-0.4, -0.2) is 45.6 Å². The molecule has 0 spiro atoms. The number of hydrogen-bond donors (Lipinski definition) is 2. The molecule has 0 aromatic heterocycles. The van der Waals surface area contributed by atoms with Gasteiger partial charge in [0.15, 0.2) is 5.75 Å². The Hall–Kier alpha value is -1.50. The molecule has 0 saturated carbocycles. The highest BCUT2D eigenvalue weighted by molar-refractivity contribution is 6.32. The van der Waals surface area contributed by atoms with Gasteiger partial charge in [0, 0.05) is 13.7 Å². The number of amides is 2. The lowest BCUT2D eigenvalue weighted by atomic mass is 10.3. The summed E-state index contributed by atoms with van der Waals surface area (Å²) in [5.41, 5.74) is 0.506. The number of halogens is 1. The fourth-order valence-electron chi connectivity index (χ4n) is 1.77. The fraction of sp³-hybridized carbons (Fsp3) is 0.533. The number of carbonyl (C=O) groups excluding carboxylic acids is 1. The zero-order chi connectivity index (χ0) is 16.4. The summed E-state index contributed by atoms with van der Waals surface area (Å²) in [6.45, 7) is 5.62. The van der Waals surface area contributed by atoms with Crippen LogP contribution in [0.1, 0.15) is 13.8 Å². The minimum Gasteiger partial charge on any atom is -0.487 e. The van der Waals surface area contributed by atoms with Crippen LogP contribution in [0.2, 0.25) is 5.02 Å². The first-order chi connectivity index (χ1) is 10.6. The molecule has 124 valence electrons. The van der Waals surface area contributed by atoms with Crippen molar-refractivity contribution in [3.8, 4) is 5.75 Å². The topological polar surface area (TPSA) is 68.8 Å². The molecule has 2 N–H and O–H groups in total. The van der Waals surface area contributed by atoms with Crippen molar-refractivity contribution in [1.82, 2.24) is 5.32 Å². The number of carbonyl (C=O) groups is 1. The molecule has 0 aliphatic heterocycles. The van der Waals surface area contributed by atoms with Gasteiger partial charge in [0.25, 0.3) is 0 Å². The first-order valence-electron chi connectivity index (χ1n) is 7.14. The molecule has 0 radical (unpaired) electrons. The number of rotatable bonds is 9. The average molecular weight is 331 g/mol. The second-order valence-corrected chi connectivity index (χ2v) is 5.02. The van der Waals surface area contributed by atoms with Gasteiger partial charge in [-0.25, -0.2) is 4.79 Å². The van der Waals surface area contributed by atoms with Gasteiger partial charge in [-0.05, 0) is 26.0 Å². The third-order valence-electron chi connectivity index (χ3n) is 2.69. The van der Waals surface area contributed by atoms with Crippen LogP contribution in [0.3, 0.4) is 0 Å². The molecule has 7 heteroatoms. The highest BCUT2D eigenvalue weighted by Gasteiger charge is 2.13. The SMILES string of the molecule is CCOCCOc1c(Cl)cccc1NC(=O)N[C@H](C)COC. The molecular formula is C15H23ClN2O4. The number of benzene rings is 1. The predicted octanol–water partition coefficient (Wildman–Crippen LogP) is 2.91. The van der Waals surface area contributed by atoms with Crippen LogP contribution in [0.5, 0.6) is 5.75 Å². The molecule has 2 amide bonds. The van der Waals surface area contributed by atoms with E-state index in [1.54, 1.807) is 25.3 Å². The molecule has 1 atom stereocenters. The summed E-state index contributed by atoms with van der Waals surface area (Å²) in [6, 6.07) is 4.72. The van der Waals surface area contributed by atoms with Crippen molar-refractivity contribution < 1.29 is 19.0 Å². The maximum atomic E-state index is 11.9. The van der Waals surface area contributed by atoms with E-state index in [1.807, 2.05) is 13.8 Å². The lowest BCUT2D eigenvalue weighted by molar-refractivity contribution is 0.110. The number of hydrogen-bond acceptors (Lipinski definition) is 4. The van der Waals surface area contributed by atoms with Crippen molar-refractivity contribution in [3.63, 3.8) is 0 Å². The van der Waals surface area contributed by atoms with Crippen molar-refractivity contribution in [2.75, 3.05) is 38.9 Å². The second-order valence-electron chi connectivity index (χ2n) is 4.62. The first-order valence-corrected chi connectivity index (χ1v) is 7.51. The van der Waals surface area contributed by atoms with Crippen LogP contribution >= 0.6 is 11.6 Å². The van der Waals surface area contributed by atoms with E-state index < -0.39 is 0 Å². The Morgan fingerprint density at radius 2 is 2.14 bits per heavy atom. The van der Waals surface area contributed by atoms with Crippen LogP contribution in [0, 0.1) is 0 Å². The highest BCUT2D eigenvalue weighted by atomic mass is 35.5. The predicted molar refractivity (Wildman–Crippen MR) is 86.9 cm³/mol. The van der Waals surface area contributed by atoms with Crippen LogP contribution in [0.15, 0.2) is 18.2 Å². The van der Waals surface area contributed by atoms with E-state index in [0.29, 0.717) is 42.9 Å². The summed E-state index contributed by atoms with van der Waals surface area (Å²) in [5, 5.41) is 5.91. The summed E-state index contributed by atoms with van der Waals surface area (Å²) in [6.07, 6.45) is 0. The molecule has 6 nitrogen and oxygen atoms in total. The summed E-state index contributed by atoms with van der Waals surface area (Å²) >= 11 is 6.12. The van der Waals surface area contributed by atoms with Crippen LogP contribution in [0.25, 0.3) is 0 Å². The molecule has 0 saturated heterocycles. The molecule has 0 aliphatic carbocycles. The van der Waals surface area contributed by atoms with Gasteiger partial charge in [-0.1, -0.05) is 17.7 Å². The zero-order valence-electron chi connectivity index (χ0n) is 13.1. The number of methoxy groups -OCH3 is 1. The Bertz CT molecular complexity index is 471. The molecule has 1 aromatic rings. The first kappa shape index (κ1) is 18.5. The van der Waals surface area contributed by atoms with E-state index in [4.69, 9.17) is 25.8 Å². The Kier molecular flexibility index (Phi) is 8.65. The van der Waals surface area contributed by atoms with Gasteiger partial charge in [-0.15, -0.1) is 0 Å². The van der Waals surface area contributed by atoms with Crippen molar-refractivity contribution >= 4 is 23.3 Å². The lowest BCUT2D eigenvalue weighted by Gasteiger charge is -2.16. The molecule has 22 heavy (non-hydrogen) atoms. The molecule has 0 heterocycles. The number of urea groups is 1. The Balaban J connectivity index is 2.65. The number of ether oxygens (including phenoxy) is 3. The standard InChI is InChI=1S/C15H23ClN2O4/c1-4-21-8-9-22-14-12(16)6-5-7-13(14)18-15(19)17-11(2)10-20-3/h5-7,11H,4,8-10H2,1-3H3,(H2,17,18,19)/t11-/m1/s1. The average Bonchev–Trinajstić information content (AvgIpc) is 2.46. The molecular weight excluding hydrogens is 308 g/mol. The maximum Gasteiger partial charge on any atom is 0.319 e. The van der Waals surface area contributed by atoms with E-state index in [-0.39, 0.29) is 12.1 Å². The smallest absolute Gasteiger partial charge is 0.319 e. The monoisotopic (exact) mass is 330 g/mol. The summed E-state index contributed by atoms with van der Waals surface area (Å²) in [5.74, 6) is 0.429. The van der Waals surface area contributed by atoms with Crippen LogP contribution in [0.4, 0.5) is 10.5 Å². The van der Waals surface area contributed by atoms with E-state index >= 15 is 0 Å². The van der Waals surface area contributed by atoms with Gasteiger partial charge in [0.05, 0.1) is 30.0 Å². The van der Waals surface area contributed by atoms with Gasteiger partial charge < -0.3 is 24.8 Å². The highest BCUT2D eigenvalue weighted by Crippen LogP contribution is 2.32. The van der Waals surface area contributed by atoms with Crippen molar-refractivity contribution in [2.45, 2.75) is 19.9 Å². The maximum absolute atomic E-state index is 11.9. The van der Waals surface area contributed by atoms with Gasteiger partial charge >= 0.3 is 6.03 Å². The molecule has 0 aliphatic rings. The lowest BCUT2D eigenvalue weighted by Crippen LogP contribution is -2.38. The van der Waals surface area contributed by atoms with E-state index in [1.165, 1.54) is 0 Å². The van der Waals surface area contributed by atoms with E-state index in [9.17, 15) is 4.79 Å². The number of para-hydroxylation sites is 1. The van der Waals surface area contributed by atoms with Gasteiger partial charge in [0.2, 0.25) is 0 Å². The minimum atomic E-state index is -0.346. The summed E-state index contributed by atoms with van der Waals surface area (Å²) in [7, 11) is 1.58. The molecule has 0 unspecified atom stereocenters. The Morgan fingerprint density at radius 3 is 2.82 bits per heavy atom. The van der Waals surface area contributed by atoms with E-state index in [2.05, 4.69) is 10.6 Å².